The largest absolute Gasteiger partial charge is 0.453 e. The van der Waals surface area contributed by atoms with E-state index in [1.54, 1.807) is 0 Å². The van der Waals surface area contributed by atoms with Crippen molar-refractivity contribution in [1.29, 1.82) is 0 Å². The van der Waals surface area contributed by atoms with Gasteiger partial charge in [-0.3, -0.25) is 4.90 Å². The maximum atomic E-state index is 6.65. The Balaban J connectivity index is 1.37. The van der Waals surface area contributed by atoms with Gasteiger partial charge in [0, 0.05) is 5.56 Å². The van der Waals surface area contributed by atoms with Crippen molar-refractivity contribution in [2.24, 2.45) is 0 Å². The Labute approximate surface area is 234 Å². The number of nitrogens with zero attached hydrogens (tertiary/aromatic N) is 1. The molecule has 5 aromatic rings. The van der Waals surface area contributed by atoms with Gasteiger partial charge in [-0.05, 0) is 70.1 Å². The van der Waals surface area contributed by atoms with E-state index in [-0.39, 0.29) is 0 Å². The van der Waals surface area contributed by atoms with Gasteiger partial charge in [0.1, 0.15) is 5.69 Å². The van der Waals surface area contributed by atoms with Crippen LogP contribution < -0.4 is 14.4 Å². The van der Waals surface area contributed by atoms with Crippen molar-refractivity contribution in [1.82, 2.24) is 0 Å². The van der Waals surface area contributed by atoms with Gasteiger partial charge in [-0.2, -0.15) is 0 Å². The molecule has 192 valence electrons. The molecule has 3 nitrogen and oxygen atoms in total. The van der Waals surface area contributed by atoms with E-state index in [2.05, 4.69) is 116 Å². The molecule has 0 N–H and O–H groups in total. The molecule has 2 aliphatic heterocycles. The third-order valence-electron chi connectivity index (χ3n) is 7.56. The van der Waals surface area contributed by atoms with Crippen LogP contribution in [0.3, 0.4) is 0 Å². The summed E-state index contributed by atoms with van der Waals surface area (Å²) >= 11 is 0. The topological polar surface area (TPSA) is 21.7 Å². The normalized spacial score (nSPS) is 12.2. The van der Waals surface area contributed by atoms with E-state index in [1.165, 1.54) is 0 Å². The maximum absolute atomic E-state index is 6.65. The van der Waals surface area contributed by atoms with Gasteiger partial charge in [-0.1, -0.05) is 98.1 Å². The highest BCUT2D eigenvalue weighted by Crippen LogP contribution is 2.61. The Morgan fingerprint density at radius 2 is 1.07 bits per heavy atom. The molecule has 0 bridgehead atoms. The fourth-order valence-electron chi connectivity index (χ4n) is 5.46. The van der Waals surface area contributed by atoms with Crippen molar-refractivity contribution < 1.29 is 9.47 Å². The molecule has 0 unspecified atom stereocenters. The van der Waals surface area contributed by atoms with Crippen molar-refractivity contribution in [2.45, 2.75) is 6.42 Å². The molecule has 0 saturated heterocycles. The molecule has 0 fully saturated rings. The first kappa shape index (κ1) is 23.8. The summed E-state index contributed by atoms with van der Waals surface area (Å²) in [6.07, 6.45) is 6.31. The molecule has 0 spiro atoms. The molecule has 7 rings (SSSR count). The predicted molar refractivity (Wildman–Crippen MR) is 166 cm³/mol. The third-order valence-corrected chi connectivity index (χ3v) is 7.56. The quantitative estimate of drug-likeness (QED) is 0.205. The summed E-state index contributed by atoms with van der Waals surface area (Å²) in [5.41, 5.74) is 10.6. The zero-order valence-corrected chi connectivity index (χ0v) is 22.1. The molecule has 5 aromatic carbocycles. The van der Waals surface area contributed by atoms with Gasteiger partial charge in [0.2, 0.25) is 0 Å². The molecule has 40 heavy (non-hydrogen) atoms. The second-order valence-corrected chi connectivity index (χ2v) is 9.95. The minimum Gasteiger partial charge on any atom is -0.453 e. The van der Waals surface area contributed by atoms with Crippen LogP contribution in [0.25, 0.3) is 34.4 Å². The van der Waals surface area contributed by atoms with Gasteiger partial charge in [-0.15, -0.1) is 6.58 Å². The number of anilines is 3. The molecule has 0 saturated carbocycles. The Bertz CT molecular complexity index is 1800. The van der Waals surface area contributed by atoms with E-state index in [9.17, 15) is 0 Å². The van der Waals surface area contributed by atoms with Gasteiger partial charge >= 0.3 is 0 Å². The van der Waals surface area contributed by atoms with Crippen LogP contribution in [-0.4, -0.2) is 0 Å². The van der Waals surface area contributed by atoms with Gasteiger partial charge < -0.3 is 9.47 Å². The number of hydrogen-bond donors (Lipinski definition) is 0. The Morgan fingerprint density at radius 3 is 1.60 bits per heavy atom. The van der Waals surface area contributed by atoms with E-state index >= 15 is 0 Å². The summed E-state index contributed by atoms with van der Waals surface area (Å²) in [5.74, 6) is 3.18. The summed E-state index contributed by atoms with van der Waals surface area (Å²) in [6, 6.07) is 33.7. The van der Waals surface area contributed by atoms with E-state index < -0.39 is 0 Å². The summed E-state index contributed by atoms with van der Waals surface area (Å²) in [6.45, 7) is 11.7. The van der Waals surface area contributed by atoms with Crippen LogP contribution in [0.1, 0.15) is 16.7 Å². The number of ether oxygens (including phenoxy) is 2. The van der Waals surface area contributed by atoms with Gasteiger partial charge in [-0.25, -0.2) is 0 Å². The predicted octanol–water partition coefficient (Wildman–Crippen LogP) is 10.7. The monoisotopic (exact) mass is 517 g/mol. The molecule has 2 aliphatic rings. The lowest BCUT2D eigenvalue weighted by Gasteiger charge is -2.39. The molecule has 0 aromatic heterocycles. The highest BCUT2D eigenvalue weighted by Gasteiger charge is 2.36. The molecule has 2 heterocycles. The highest BCUT2D eigenvalue weighted by atomic mass is 16.5. The first-order valence-electron chi connectivity index (χ1n) is 13.3. The number of benzene rings is 5. The van der Waals surface area contributed by atoms with Crippen molar-refractivity contribution in [3.63, 3.8) is 0 Å². The first-order chi connectivity index (χ1) is 19.7. The van der Waals surface area contributed by atoms with E-state index in [0.717, 1.165) is 79.0 Å². The summed E-state index contributed by atoms with van der Waals surface area (Å²) in [5, 5.41) is 0. The van der Waals surface area contributed by atoms with Crippen LogP contribution in [0.15, 0.2) is 123 Å². The Morgan fingerprint density at radius 1 is 0.550 bits per heavy atom. The molecule has 0 atom stereocenters. The van der Waals surface area contributed by atoms with Gasteiger partial charge in [0.05, 0.1) is 11.4 Å². The fraction of sp³-hybridized carbons (Fsp3) is 0.0270. The van der Waals surface area contributed by atoms with Crippen LogP contribution in [0.2, 0.25) is 0 Å². The zero-order valence-electron chi connectivity index (χ0n) is 22.1. The molecule has 3 heteroatoms. The van der Waals surface area contributed by atoms with Gasteiger partial charge in [0.15, 0.2) is 23.0 Å². The molecular formula is C37H27NO2. The van der Waals surface area contributed by atoms with E-state index in [0.29, 0.717) is 6.42 Å². The molecule has 0 amide bonds. The summed E-state index contributed by atoms with van der Waals surface area (Å²) < 4.78 is 13.2. The minimum atomic E-state index is 0.695. The third kappa shape index (κ3) is 3.83. The Kier molecular flexibility index (Phi) is 5.64. The average molecular weight is 518 g/mol. The van der Waals surface area contributed by atoms with Crippen LogP contribution in [-0.2, 0) is 6.42 Å². The van der Waals surface area contributed by atoms with Crippen LogP contribution in [0.4, 0.5) is 17.1 Å². The zero-order chi connectivity index (χ0) is 27.2. The smallest absolute Gasteiger partial charge is 0.158 e. The van der Waals surface area contributed by atoms with Gasteiger partial charge in [0.25, 0.3) is 0 Å². The minimum absolute atomic E-state index is 0.695. The van der Waals surface area contributed by atoms with E-state index in [1.807, 2.05) is 24.3 Å². The average Bonchev–Trinajstić information content (AvgIpc) is 3.01. The standard InChI is InChI=1S/C37H27NO2/c1-4-7-28-18-21-33-36-37(28)40-35-23-30(27-14-10-25(6-3)11-15-27)17-20-32(35)38(36)31-19-16-29(22-34(31)39-33)26-12-8-24(5-2)9-13-26/h4-6,8-23H,1-3,7H2. The summed E-state index contributed by atoms with van der Waals surface area (Å²) in [7, 11) is 0. The summed E-state index contributed by atoms with van der Waals surface area (Å²) in [4.78, 5) is 2.27. The van der Waals surface area contributed by atoms with E-state index in [4.69, 9.17) is 9.47 Å². The fourth-order valence-corrected chi connectivity index (χ4v) is 5.46. The van der Waals surface area contributed by atoms with Crippen molar-refractivity contribution in [2.75, 3.05) is 4.90 Å². The second-order valence-electron chi connectivity index (χ2n) is 9.95. The SMILES string of the molecule is C=CCc1ccc2c3c1Oc1cc(-c4ccc(C=C)cc4)ccc1N3c1ccc(-c3ccc(C=C)cc3)cc1O2. The maximum Gasteiger partial charge on any atom is 0.158 e. The Hall–Kier alpha value is -5.28. The molecule has 0 radical (unpaired) electrons. The van der Waals surface area contributed by atoms with Crippen LogP contribution in [0, 0.1) is 0 Å². The second kappa shape index (κ2) is 9.48. The van der Waals surface area contributed by atoms with Crippen LogP contribution >= 0.6 is 0 Å². The molecule has 0 aliphatic carbocycles. The lowest BCUT2D eigenvalue weighted by Crippen LogP contribution is -2.21. The number of hydrogen-bond acceptors (Lipinski definition) is 3. The van der Waals surface area contributed by atoms with Crippen molar-refractivity contribution in [3.8, 4) is 45.3 Å². The molecular weight excluding hydrogens is 490 g/mol. The van der Waals surface area contributed by atoms with Crippen LogP contribution in [0.5, 0.6) is 23.0 Å². The highest BCUT2D eigenvalue weighted by molar-refractivity contribution is 5.95. The van der Waals surface area contributed by atoms with Crippen molar-refractivity contribution in [3.05, 3.63) is 140 Å². The lowest BCUT2D eigenvalue weighted by molar-refractivity contribution is 0.443. The number of fused-ring (bicyclic) bond motifs is 4. The van der Waals surface area contributed by atoms with Crippen molar-refractivity contribution >= 4 is 29.2 Å². The number of rotatable bonds is 6. The number of allylic oxidation sites excluding steroid dienone is 1. The first-order valence-corrected chi connectivity index (χ1v) is 13.3. The lowest BCUT2D eigenvalue weighted by atomic mass is 9.98.